The molecule has 132 valence electrons. The molecule has 2 aromatic rings. The van der Waals surface area contributed by atoms with Gasteiger partial charge in [-0.25, -0.2) is 4.79 Å². The van der Waals surface area contributed by atoms with Crippen molar-refractivity contribution in [2.75, 3.05) is 13.1 Å². The summed E-state index contributed by atoms with van der Waals surface area (Å²) in [6.07, 6.45) is 1.19. The Morgan fingerprint density at radius 1 is 1.16 bits per heavy atom. The maximum absolute atomic E-state index is 12.3. The Morgan fingerprint density at radius 3 is 2.60 bits per heavy atom. The predicted octanol–water partition coefficient (Wildman–Crippen LogP) is 2.79. The van der Waals surface area contributed by atoms with Gasteiger partial charge in [0.2, 0.25) is 5.91 Å². The summed E-state index contributed by atoms with van der Waals surface area (Å²) in [5.74, 6) is 1.16. The Balaban J connectivity index is 1.46. The summed E-state index contributed by atoms with van der Waals surface area (Å²) in [6.45, 7) is 7.00. The molecule has 1 aromatic heterocycles. The fourth-order valence-corrected chi connectivity index (χ4v) is 2.92. The number of carbonyl (C=O) groups excluding carboxylic acids is 1. The van der Waals surface area contributed by atoms with Gasteiger partial charge in [-0.1, -0.05) is 18.2 Å². The molecule has 0 saturated carbocycles. The van der Waals surface area contributed by atoms with E-state index in [0.29, 0.717) is 31.0 Å². The van der Waals surface area contributed by atoms with E-state index < -0.39 is 5.63 Å². The normalized spacial score (nSPS) is 14.3. The molecule has 5 heteroatoms. The number of likely N-dealkylation sites (tertiary alicyclic amines) is 1. The van der Waals surface area contributed by atoms with Gasteiger partial charge in [0.15, 0.2) is 0 Å². The average Bonchev–Trinajstić information content (AvgIpc) is 2.50. The third kappa shape index (κ3) is 4.29. The summed E-state index contributed by atoms with van der Waals surface area (Å²) >= 11 is 0. The summed E-state index contributed by atoms with van der Waals surface area (Å²) in [4.78, 5) is 25.4. The number of hydrogen-bond acceptors (Lipinski definition) is 4. The first kappa shape index (κ1) is 17.3. The number of amides is 1. The van der Waals surface area contributed by atoms with E-state index in [0.717, 1.165) is 6.42 Å². The second kappa shape index (κ2) is 7.13. The van der Waals surface area contributed by atoms with Gasteiger partial charge in [0.1, 0.15) is 17.6 Å². The van der Waals surface area contributed by atoms with E-state index in [1.165, 1.54) is 22.8 Å². The van der Waals surface area contributed by atoms with Gasteiger partial charge >= 0.3 is 5.63 Å². The molecule has 0 atom stereocenters. The van der Waals surface area contributed by atoms with Crippen molar-refractivity contribution in [2.45, 2.75) is 39.7 Å². The Hall–Kier alpha value is -2.56. The smallest absolute Gasteiger partial charge is 0.339 e. The maximum atomic E-state index is 12.3. The van der Waals surface area contributed by atoms with Crippen molar-refractivity contribution >= 4 is 5.91 Å². The van der Waals surface area contributed by atoms with Crippen LogP contribution in [0.3, 0.4) is 0 Å². The minimum atomic E-state index is -0.421. The van der Waals surface area contributed by atoms with Crippen molar-refractivity contribution < 1.29 is 13.9 Å². The van der Waals surface area contributed by atoms with Crippen LogP contribution in [0.25, 0.3) is 0 Å². The van der Waals surface area contributed by atoms with Gasteiger partial charge in [0.25, 0.3) is 0 Å². The fourth-order valence-electron chi connectivity index (χ4n) is 2.92. The molecule has 0 radical (unpaired) electrons. The second-order valence-electron chi connectivity index (χ2n) is 6.68. The van der Waals surface area contributed by atoms with E-state index in [1.54, 1.807) is 17.9 Å². The van der Waals surface area contributed by atoms with Crippen LogP contribution in [-0.4, -0.2) is 30.0 Å². The van der Waals surface area contributed by atoms with Crippen molar-refractivity contribution in [1.29, 1.82) is 0 Å². The van der Waals surface area contributed by atoms with Crippen LogP contribution in [0.1, 0.15) is 28.9 Å². The van der Waals surface area contributed by atoms with E-state index in [1.807, 2.05) is 0 Å². The van der Waals surface area contributed by atoms with E-state index in [9.17, 15) is 9.59 Å². The molecule has 1 amide bonds. The maximum Gasteiger partial charge on any atom is 0.339 e. The predicted molar refractivity (Wildman–Crippen MR) is 94.9 cm³/mol. The number of carbonyl (C=O) groups is 1. The van der Waals surface area contributed by atoms with Crippen molar-refractivity contribution in [2.24, 2.45) is 0 Å². The number of benzene rings is 1. The van der Waals surface area contributed by atoms with Crippen molar-refractivity contribution in [3.05, 3.63) is 63.2 Å². The summed E-state index contributed by atoms with van der Waals surface area (Å²) < 4.78 is 10.6. The third-order valence-corrected chi connectivity index (χ3v) is 4.57. The number of aryl methyl sites for hydroxylation is 4. The van der Waals surface area contributed by atoms with E-state index >= 15 is 0 Å². The molecule has 0 unspecified atom stereocenters. The van der Waals surface area contributed by atoms with Gasteiger partial charge in [0.05, 0.1) is 19.2 Å². The summed E-state index contributed by atoms with van der Waals surface area (Å²) in [6, 6.07) is 9.35. The van der Waals surface area contributed by atoms with Gasteiger partial charge in [-0.3, -0.25) is 4.79 Å². The van der Waals surface area contributed by atoms with Gasteiger partial charge in [-0.15, -0.1) is 0 Å². The highest BCUT2D eigenvalue weighted by molar-refractivity contribution is 5.77. The van der Waals surface area contributed by atoms with Gasteiger partial charge in [0, 0.05) is 12.5 Å². The standard InChI is InChI=1S/C20H23NO4/c1-13-4-5-16(8-14(13)2)6-7-19(22)21-11-18(12-21)25-17-9-15(3)24-20(23)10-17/h4-5,8-10,18H,6-7,11-12H2,1-3H3. The number of nitrogens with zero attached hydrogens (tertiary/aromatic N) is 1. The van der Waals surface area contributed by atoms with Gasteiger partial charge in [-0.2, -0.15) is 0 Å². The zero-order valence-electron chi connectivity index (χ0n) is 14.9. The van der Waals surface area contributed by atoms with Crippen LogP contribution >= 0.6 is 0 Å². The largest absolute Gasteiger partial charge is 0.486 e. The topological polar surface area (TPSA) is 59.8 Å². The lowest BCUT2D eigenvalue weighted by Gasteiger charge is -2.39. The molecule has 0 aliphatic carbocycles. The quantitative estimate of drug-likeness (QED) is 0.839. The van der Waals surface area contributed by atoms with Crippen molar-refractivity contribution in [3.8, 4) is 5.75 Å². The molecule has 0 N–H and O–H groups in total. The molecular formula is C20H23NO4. The zero-order valence-corrected chi connectivity index (χ0v) is 14.9. The molecule has 2 heterocycles. The fraction of sp³-hybridized carbons (Fsp3) is 0.400. The molecule has 5 nitrogen and oxygen atoms in total. The number of ether oxygens (including phenoxy) is 1. The molecule has 1 aromatic carbocycles. The van der Waals surface area contributed by atoms with E-state index in [2.05, 4.69) is 32.0 Å². The third-order valence-electron chi connectivity index (χ3n) is 4.57. The lowest BCUT2D eigenvalue weighted by molar-refractivity contribution is -0.139. The summed E-state index contributed by atoms with van der Waals surface area (Å²) in [7, 11) is 0. The number of rotatable bonds is 5. The van der Waals surface area contributed by atoms with Crippen LogP contribution in [-0.2, 0) is 11.2 Å². The molecule has 1 aliphatic rings. The van der Waals surface area contributed by atoms with Crippen LogP contribution in [0.5, 0.6) is 5.75 Å². The molecule has 3 rings (SSSR count). The molecule has 25 heavy (non-hydrogen) atoms. The molecule has 1 fully saturated rings. The van der Waals surface area contributed by atoms with Crippen LogP contribution < -0.4 is 10.4 Å². The minimum Gasteiger partial charge on any atom is -0.486 e. The van der Waals surface area contributed by atoms with Crippen molar-refractivity contribution in [1.82, 2.24) is 4.90 Å². The Labute approximate surface area is 147 Å². The second-order valence-corrected chi connectivity index (χ2v) is 6.68. The lowest BCUT2D eigenvalue weighted by Crippen LogP contribution is -2.56. The number of hydrogen-bond donors (Lipinski definition) is 0. The Kier molecular flexibility index (Phi) is 4.93. The zero-order chi connectivity index (χ0) is 18.0. The summed E-state index contributed by atoms with van der Waals surface area (Å²) in [5, 5.41) is 0. The highest BCUT2D eigenvalue weighted by Crippen LogP contribution is 2.19. The highest BCUT2D eigenvalue weighted by atomic mass is 16.5. The van der Waals surface area contributed by atoms with Crippen molar-refractivity contribution in [3.63, 3.8) is 0 Å². The van der Waals surface area contributed by atoms with E-state index in [-0.39, 0.29) is 12.0 Å². The lowest BCUT2D eigenvalue weighted by atomic mass is 10.0. The van der Waals surface area contributed by atoms with Crippen LogP contribution in [0.2, 0.25) is 0 Å². The first-order valence-electron chi connectivity index (χ1n) is 8.53. The monoisotopic (exact) mass is 341 g/mol. The Morgan fingerprint density at radius 2 is 1.92 bits per heavy atom. The SMILES string of the molecule is Cc1cc(OC2CN(C(=O)CCc3ccc(C)c(C)c3)C2)cc(=O)o1. The average molecular weight is 341 g/mol. The molecule has 1 aliphatic heterocycles. The molecule has 1 saturated heterocycles. The van der Waals surface area contributed by atoms with Crippen LogP contribution in [0.15, 0.2) is 39.5 Å². The molecule has 0 bridgehead atoms. The van der Waals surface area contributed by atoms with Crippen LogP contribution in [0, 0.1) is 20.8 Å². The Bertz CT molecular complexity index is 834. The minimum absolute atomic E-state index is 0.0632. The highest BCUT2D eigenvalue weighted by Gasteiger charge is 2.32. The molecule has 0 spiro atoms. The first-order valence-corrected chi connectivity index (χ1v) is 8.53. The van der Waals surface area contributed by atoms with Gasteiger partial charge in [-0.05, 0) is 43.9 Å². The summed E-state index contributed by atoms with van der Waals surface area (Å²) in [5.41, 5.74) is 3.29. The van der Waals surface area contributed by atoms with Crippen LogP contribution in [0.4, 0.5) is 0 Å². The first-order chi connectivity index (χ1) is 11.9. The molecular weight excluding hydrogens is 318 g/mol. The van der Waals surface area contributed by atoms with Gasteiger partial charge < -0.3 is 14.1 Å². The van der Waals surface area contributed by atoms with E-state index in [4.69, 9.17) is 9.15 Å².